The third-order valence-corrected chi connectivity index (χ3v) is 4.28. The van der Waals surface area contributed by atoms with Crippen LogP contribution in [-0.4, -0.2) is 22.9 Å². The molecule has 1 heterocycles. The van der Waals surface area contributed by atoms with Crippen molar-refractivity contribution in [2.75, 3.05) is 11.9 Å². The van der Waals surface area contributed by atoms with Crippen LogP contribution in [0.3, 0.4) is 0 Å². The normalized spacial score (nSPS) is 10.7. The first kappa shape index (κ1) is 17.9. The van der Waals surface area contributed by atoms with Gasteiger partial charge < -0.3 is 10.6 Å². The van der Waals surface area contributed by atoms with E-state index >= 15 is 0 Å². The molecule has 0 aliphatic carbocycles. The van der Waals surface area contributed by atoms with E-state index < -0.39 is 0 Å². The first-order valence-electron chi connectivity index (χ1n) is 7.70. The monoisotopic (exact) mass is 347 g/mol. The van der Waals surface area contributed by atoms with E-state index in [1.165, 1.54) is 4.57 Å². The summed E-state index contributed by atoms with van der Waals surface area (Å²) in [6.45, 7) is 6.28. The van der Waals surface area contributed by atoms with Crippen LogP contribution in [0.25, 0.3) is 0 Å². The van der Waals surface area contributed by atoms with Crippen molar-refractivity contribution >= 4 is 28.8 Å². The number of aryl methyl sites for hydroxylation is 1. The number of nitrogens with one attached hydrogen (secondary N) is 2. The van der Waals surface area contributed by atoms with Crippen LogP contribution >= 0.6 is 11.3 Å². The van der Waals surface area contributed by atoms with Gasteiger partial charge in [0.05, 0.1) is 11.3 Å². The van der Waals surface area contributed by atoms with Crippen molar-refractivity contribution < 1.29 is 9.59 Å². The number of hydrogen-bond donors (Lipinski definition) is 2. The van der Waals surface area contributed by atoms with Crippen LogP contribution in [-0.2, 0) is 11.3 Å². The number of hydrogen-bond acceptors (Lipinski definition) is 4. The van der Waals surface area contributed by atoms with Gasteiger partial charge in [0.15, 0.2) is 0 Å². The molecule has 0 spiro atoms. The van der Waals surface area contributed by atoms with Crippen LogP contribution < -0.4 is 15.5 Å². The summed E-state index contributed by atoms with van der Waals surface area (Å²) in [5.74, 6) is -0.240. The molecule has 2 rings (SSSR count). The zero-order chi connectivity index (χ0) is 17.7. The highest BCUT2D eigenvalue weighted by Gasteiger charge is 2.14. The van der Waals surface area contributed by atoms with Crippen LogP contribution in [0.15, 0.2) is 34.4 Å². The lowest BCUT2D eigenvalue weighted by molar-refractivity contribution is -0.116. The minimum absolute atomic E-state index is 0.0733. The minimum Gasteiger partial charge on any atom is -0.352 e. The van der Waals surface area contributed by atoms with Crippen molar-refractivity contribution in [1.82, 2.24) is 9.88 Å². The van der Waals surface area contributed by atoms with E-state index in [1.807, 2.05) is 13.8 Å². The van der Waals surface area contributed by atoms with Crippen LogP contribution in [0, 0.1) is 12.8 Å². The molecule has 0 bridgehead atoms. The van der Waals surface area contributed by atoms with Crippen molar-refractivity contribution in [3.05, 3.63) is 50.6 Å². The van der Waals surface area contributed by atoms with Gasteiger partial charge in [-0.3, -0.25) is 19.0 Å². The minimum atomic E-state index is -0.345. The Morgan fingerprint density at radius 3 is 2.58 bits per heavy atom. The number of nitrogens with zero attached hydrogens (tertiary/aromatic N) is 1. The molecule has 2 amide bonds. The fourth-order valence-corrected chi connectivity index (χ4v) is 2.85. The van der Waals surface area contributed by atoms with Gasteiger partial charge in [-0.05, 0) is 25.0 Å². The van der Waals surface area contributed by atoms with E-state index in [0.29, 0.717) is 23.7 Å². The van der Waals surface area contributed by atoms with Crippen molar-refractivity contribution in [2.24, 2.45) is 5.92 Å². The number of carbonyl (C=O) groups excluding carboxylic acids is 2. The zero-order valence-electron chi connectivity index (χ0n) is 14.0. The smallest absolute Gasteiger partial charge is 0.307 e. The second-order valence-electron chi connectivity index (χ2n) is 5.93. The number of amides is 2. The molecule has 1 aromatic carbocycles. The van der Waals surface area contributed by atoms with Gasteiger partial charge in [0.2, 0.25) is 5.91 Å². The summed E-state index contributed by atoms with van der Waals surface area (Å²) in [7, 11) is 0. The van der Waals surface area contributed by atoms with Crippen LogP contribution in [0.4, 0.5) is 5.69 Å². The summed E-state index contributed by atoms with van der Waals surface area (Å²) < 4.78 is 1.40. The van der Waals surface area contributed by atoms with E-state index in [0.717, 1.165) is 17.0 Å². The Bertz CT molecular complexity index is 792. The number of para-hydroxylation sites is 1. The molecule has 0 saturated carbocycles. The molecular formula is C17H21N3O3S. The van der Waals surface area contributed by atoms with Gasteiger partial charge in [0.25, 0.3) is 5.91 Å². The standard InChI is InChI=1S/C17H21N3O3S/c1-11(2)8-18-16(22)13-6-4-5-7-14(13)19-15(21)9-20-12(3)10-24-17(20)23/h4-7,10-11H,8-9H2,1-3H3,(H,18,22)(H,19,21). The molecule has 0 aliphatic heterocycles. The van der Waals surface area contributed by atoms with E-state index in [4.69, 9.17) is 0 Å². The maximum absolute atomic E-state index is 12.3. The third kappa shape index (κ3) is 4.55. The van der Waals surface area contributed by atoms with Crippen molar-refractivity contribution in [1.29, 1.82) is 0 Å². The maximum Gasteiger partial charge on any atom is 0.307 e. The van der Waals surface area contributed by atoms with Crippen molar-refractivity contribution in [2.45, 2.75) is 27.3 Å². The summed E-state index contributed by atoms with van der Waals surface area (Å²) >= 11 is 1.06. The van der Waals surface area contributed by atoms with Crippen LogP contribution in [0.1, 0.15) is 29.9 Å². The van der Waals surface area contributed by atoms with Gasteiger partial charge in [-0.15, -0.1) is 0 Å². The first-order valence-corrected chi connectivity index (χ1v) is 8.58. The van der Waals surface area contributed by atoms with Crippen molar-refractivity contribution in [3.8, 4) is 0 Å². The number of thiazole rings is 1. The second kappa shape index (κ2) is 7.92. The Morgan fingerprint density at radius 1 is 1.25 bits per heavy atom. The van der Waals surface area contributed by atoms with Gasteiger partial charge in [-0.25, -0.2) is 0 Å². The molecule has 0 radical (unpaired) electrons. The van der Waals surface area contributed by atoms with Crippen molar-refractivity contribution in [3.63, 3.8) is 0 Å². The number of rotatable bonds is 6. The second-order valence-corrected chi connectivity index (χ2v) is 6.75. The number of aromatic nitrogens is 1. The number of benzene rings is 1. The highest BCUT2D eigenvalue weighted by Crippen LogP contribution is 2.15. The zero-order valence-corrected chi connectivity index (χ0v) is 14.8. The molecule has 24 heavy (non-hydrogen) atoms. The Labute approximate surface area is 144 Å². The van der Waals surface area contributed by atoms with E-state index in [-0.39, 0.29) is 23.2 Å². The quantitative estimate of drug-likeness (QED) is 0.841. The predicted molar refractivity (Wildman–Crippen MR) is 95.6 cm³/mol. The lowest BCUT2D eigenvalue weighted by Gasteiger charge is -2.13. The molecule has 2 N–H and O–H groups in total. The summed E-state index contributed by atoms with van der Waals surface area (Å²) in [6, 6.07) is 6.82. The van der Waals surface area contributed by atoms with E-state index in [9.17, 15) is 14.4 Å². The summed E-state index contributed by atoms with van der Waals surface area (Å²) in [5, 5.41) is 7.26. The molecule has 7 heteroatoms. The van der Waals surface area contributed by atoms with Gasteiger partial charge in [0, 0.05) is 17.6 Å². The number of anilines is 1. The lowest BCUT2D eigenvalue weighted by Crippen LogP contribution is -2.29. The highest BCUT2D eigenvalue weighted by atomic mass is 32.1. The molecular weight excluding hydrogens is 326 g/mol. The largest absolute Gasteiger partial charge is 0.352 e. The Morgan fingerprint density at radius 2 is 1.96 bits per heavy atom. The summed E-state index contributed by atoms with van der Waals surface area (Å²) in [6.07, 6.45) is 0. The van der Waals surface area contributed by atoms with Gasteiger partial charge >= 0.3 is 4.87 Å². The molecule has 0 aliphatic rings. The average molecular weight is 347 g/mol. The Kier molecular flexibility index (Phi) is 5.92. The SMILES string of the molecule is Cc1csc(=O)n1CC(=O)Nc1ccccc1C(=O)NCC(C)C. The van der Waals surface area contributed by atoms with E-state index in [2.05, 4.69) is 10.6 Å². The number of carbonyl (C=O) groups is 2. The fraction of sp³-hybridized carbons (Fsp3) is 0.353. The average Bonchev–Trinajstić information content (AvgIpc) is 2.85. The molecule has 128 valence electrons. The summed E-state index contributed by atoms with van der Waals surface area (Å²) in [4.78, 5) is 36.0. The lowest BCUT2D eigenvalue weighted by atomic mass is 10.1. The molecule has 0 saturated heterocycles. The van der Waals surface area contributed by atoms with Gasteiger partial charge in [-0.2, -0.15) is 0 Å². The molecule has 6 nitrogen and oxygen atoms in total. The Balaban J connectivity index is 2.11. The fourth-order valence-electron chi connectivity index (χ4n) is 2.11. The maximum atomic E-state index is 12.3. The summed E-state index contributed by atoms with van der Waals surface area (Å²) in [5.41, 5.74) is 1.58. The predicted octanol–water partition coefficient (Wildman–Crippen LogP) is 2.24. The van der Waals surface area contributed by atoms with E-state index in [1.54, 1.807) is 36.6 Å². The van der Waals surface area contributed by atoms with Crippen LogP contribution in [0.5, 0.6) is 0 Å². The van der Waals surface area contributed by atoms with Gasteiger partial charge in [-0.1, -0.05) is 37.3 Å². The Hall–Kier alpha value is -2.41. The molecule has 0 unspecified atom stereocenters. The molecule has 1 aromatic heterocycles. The topological polar surface area (TPSA) is 80.2 Å². The first-order chi connectivity index (χ1) is 11.4. The highest BCUT2D eigenvalue weighted by molar-refractivity contribution is 7.07. The van der Waals surface area contributed by atoms with Gasteiger partial charge in [0.1, 0.15) is 6.54 Å². The molecule has 0 fully saturated rings. The molecule has 2 aromatic rings. The molecule has 0 atom stereocenters. The third-order valence-electron chi connectivity index (χ3n) is 3.39. The van der Waals surface area contributed by atoms with Crippen LogP contribution in [0.2, 0.25) is 0 Å².